The molecule has 0 amide bonds. The van der Waals surface area contributed by atoms with Crippen LogP contribution in [0.1, 0.15) is 22.7 Å². The van der Waals surface area contributed by atoms with Crippen LogP contribution in [0.2, 0.25) is 0 Å². The van der Waals surface area contributed by atoms with E-state index in [1.165, 1.54) is 27.7 Å². The van der Waals surface area contributed by atoms with Crippen molar-refractivity contribution < 1.29 is 0 Å². The van der Waals surface area contributed by atoms with Gasteiger partial charge in [-0.3, -0.25) is 0 Å². The Hall–Kier alpha value is -1.80. The monoisotopic (exact) mass is 309 g/mol. The normalized spacial score (nSPS) is 17.0. The van der Waals surface area contributed by atoms with Crippen molar-refractivity contribution in [1.29, 1.82) is 0 Å². The van der Waals surface area contributed by atoms with Crippen molar-refractivity contribution >= 4 is 32.9 Å². The minimum Gasteiger partial charge on any atom is -0.358 e. The van der Waals surface area contributed by atoms with Crippen LogP contribution in [0.5, 0.6) is 0 Å². The predicted octanol–water partition coefficient (Wildman–Crippen LogP) is 5.09. The number of H-pyrrole nitrogens is 1. The first kappa shape index (κ1) is 11.1. The molecule has 1 unspecified atom stereocenters. The molecule has 0 saturated heterocycles. The van der Waals surface area contributed by atoms with E-state index < -0.39 is 0 Å². The van der Waals surface area contributed by atoms with Gasteiger partial charge in [-0.2, -0.15) is 0 Å². The van der Waals surface area contributed by atoms with Gasteiger partial charge in [-0.05, 0) is 40.8 Å². The molecular formula is C17H12BrN. The zero-order valence-corrected chi connectivity index (χ0v) is 11.8. The molecule has 0 saturated carbocycles. The Morgan fingerprint density at radius 2 is 1.89 bits per heavy atom. The number of aromatic nitrogens is 1. The Morgan fingerprint density at radius 1 is 1.00 bits per heavy atom. The molecule has 0 bridgehead atoms. The minimum absolute atomic E-state index is 0.333. The van der Waals surface area contributed by atoms with Crippen LogP contribution in [0.25, 0.3) is 17.0 Å². The molecule has 19 heavy (non-hydrogen) atoms. The van der Waals surface area contributed by atoms with Crippen molar-refractivity contribution in [2.24, 2.45) is 0 Å². The first-order valence-electron chi connectivity index (χ1n) is 6.36. The average Bonchev–Trinajstić information content (AvgIpc) is 3.00. The molecule has 1 aliphatic carbocycles. The number of halogens is 1. The van der Waals surface area contributed by atoms with Crippen LogP contribution in [-0.2, 0) is 0 Å². The highest BCUT2D eigenvalue weighted by molar-refractivity contribution is 9.10. The van der Waals surface area contributed by atoms with Gasteiger partial charge in [-0.15, -0.1) is 0 Å². The molecule has 92 valence electrons. The maximum atomic E-state index is 3.56. The Kier molecular flexibility index (Phi) is 2.39. The predicted molar refractivity (Wildman–Crippen MR) is 83.3 cm³/mol. The SMILES string of the molecule is Brc1ccc2c(c1)C(c1cc3ccccc3[nH]1)C=C2. The third kappa shape index (κ3) is 1.75. The van der Waals surface area contributed by atoms with Crippen LogP contribution in [-0.4, -0.2) is 4.98 Å². The number of para-hydroxylation sites is 1. The first-order chi connectivity index (χ1) is 9.31. The van der Waals surface area contributed by atoms with E-state index in [0.29, 0.717) is 5.92 Å². The van der Waals surface area contributed by atoms with Crippen molar-refractivity contribution in [3.8, 4) is 0 Å². The van der Waals surface area contributed by atoms with Gasteiger partial charge in [-0.25, -0.2) is 0 Å². The van der Waals surface area contributed by atoms with Gasteiger partial charge in [0.25, 0.3) is 0 Å². The summed E-state index contributed by atoms with van der Waals surface area (Å²) in [6, 6.07) is 17.1. The van der Waals surface area contributed by atoms with E-state index >= 15 is 0 Å². The second kappa shape index (κ2) is 4.10. The van der Waals surface area contributed by atoms with Gasteiger partial charge >= 0.3 is 0 Å². The lowest BCUT2D eigenvalue weighted by molar-refractivity contribution is 0.998. The number of rotatable bonds is 1. The number of fused-ring (bicyclic) bond motifs is 2. The van der Waals surface area contributed by atoms with Crippen molar-refractivity contribution in [2.75, 3.05) is 0 Å². The molecule has 1 heterocycles. The number of allylic oxidation sites excluding steroid dienone is 1. The van der Waals surface area contributed by atoms with Gasteiger partial charge in [-0.1, -0.05) is 52.3 Å². The summed E-state index contributed by atoms with van der Waals surface area (Å²) in [6.45, 7) is 0. The maximum absolute atomic E-state index is 3.56. The summed E-state index contributed by atoms with van der Waals surface area (Å²) in [7, 11) is 0. The molecule has 1 atom stereocenters. The molecule has 0 fully saturated rings. The second-order valence-electron chi connectivity index (χ2n) is 4.92. The minimum atomic E-state index is 0.333. The van der Waals surface area contributed by atoms with Crippen LogP contribution >= 0.6 is 15.9 Å². The Labute approximate surface area is 120 Å². The highest BCUT2D eigenvalue weighted by atomic mass is 79.9. The fourth-order valence-electron chi connectivity index (χ4n) is 2.80. The van der Waals surface area contributed by atoms with E-state index in [0.717, 1.165) is 4.47 Å². The van der Waals surface area contributed by atoms with Gasteiger partial charge in [0.15, 0.2) is 0 Å². The lowest BCUT2D eigenvalue weighted by Crippen LogP contribution is -1.95. The summed E-state index contributed by atoms with van der Waals surface area (Å²) in [5.41, 5.74) is 5.14. The molecule has 4 rings (SSSR count). The van der Waals surface area contributed by atoms with Crippen molar-refractivity contribution in [3.05, 3.63) is 75.9 Å². The lowest BCUT2D eigenvalue weighted by atomic mass is 9.98. The van der Waals surface area contributed by atoms with Crippen LogP contribution in [0.15, 0.2) is 59.1 Å². The fourth-order valence-corrected chi connectivity index (χ4v) is 3.18. The Morgan fingerprint density at radius 3 is 2.79 bits per heavy atom. The number of benzene rings is 2. The number of hydrogen-bond donors (Lipinski definition) is 1. The molecule has 1 aliphatic rings. The number of aromatic amines is 1. The van der Waals surface area contributed by atoms with Crippen LogP contribution in [0, 0.1) is 0 Å². The van der Waals surface area contributed by atoms with Crippen molar-refractivity contribution in [1.82, 2.24) is 4.98 Å². The van der Waals surface area contributed by atoms with E-state index in [1.807, 2.05) is 0 Å². The first-order valence-corrected chi connectivity index (χ1v) is 7.16. The smallest absolute Gasteiger partial charge is 0.0456 e. The highest BCUT2D eigenvalue weighted by Crippen LogP contribution is 2.37. The third-order valence-corrected chi connectivity index (χ3v) is 4.23. The van der Waals surface area contributed by atoms with Crippen molar-refractivity contribution in [2.45, 2.75) is 5.92 Å². The summed E-state index contributed by atoms with van der Waals surface area (Å²) in [6.07, 6.45) is 4.47. The largest absolute Gasteiger partial charge is 0.358 e. The second-order valence-corrected chi connectivity index (χ2v) is 5.84. The standard InChI is InChI=1S/C17H12BrN/c18-13-7-5-11-6-8-14(15(11)10-13)17-9-12-3-1-2-4-16(12)19-17/h1-10,14,19H. The maximum Gasteiger partial charge on any atom is 0.0456 e. The zero-order valence-electron chi connectivity index (χ0n) is 10.2. The van der Waals surface area contributed by atoms with Crippen LogP contribution < -0.4 is 0 Å². The Balaban J connectivity index is 1.87. The summed E-state index contributed by atoms with van der Waals surface area (Å²) < 4.78 is 1.14. The number of nitrogens with one attached hydrogen (secondary N) is 1. The van der Waals surface area contributed by atoms with Crippen LogP contribution in [0.4, 0.5) is 0 Å². The Bertz CT molecular complexity index is 765. The number of hydrogen-bond acceptors (Lipinski definition) is 0. The van der Waals surface area contributed by atoms with E-state index in [2.05, 4.69) is 81.6 Å². The van der Waals surface area contributed by atoms with Gasteiger partial charge in [0.1, 0.15) is 0 Å². The summed E-state index contributed by atoms with van der Waals surface area (Å²) >= 11 is 3.56. The zero-order chi connectivity index (χ0) is 12.8. The van der Waals surface area contributed by atoms with Crippen molar-refractivity contribution in [3.63, 3.8) is 0 Å². The summed E-state index contributed by atoms with van der Waals surface area (Å²) in [5.74, 6) is 0.333. The van der Waals surface area contributed by atoms with Crippen LogP contribution in [0.3, 0.4) is 0 Å². The molecule has 3 aromatic rings. The lowest BCUT2D eigenvalue weighted by Gasteiger charge is -2.09. The molecule has 0 spiro atoms. The molecule has 0 aliphatic heterocycles. The molecule has 1 N–H and O–H groups in total. The topological polar surface area (TPSA) is 15.8 Å². The van der Waals surface area contributed by atoms with E-state index in [4.69, 9.17) is 0 Å². The molecule has 1 nitrogen and oxygen atoms in total. The third-order valence-electron chi connectivity index (χ3n) is 3.74. The molecule has 2 heteroatoms. The van der Waals surface area contributed by atoms with E-state index in [9.17, 15) is 0 Å². The fraction of sp³-hybridized carbons (Fsp3) is 0.0588. The molecule has 2 aromatic carbocycles. The van der Waals surface area contributed by atoms with Gasteiger partial charge in [0.05, 0.1) is 0 Å². The van der Waals surface area contributed by atoms with Gasteiger partial charge < -0.3 is 4.98 Å². The quantitative estimate of drug-likeness (QED) is 0.644. The summed E-state index contributed by atoms with van der Waals surface area (Å²) in [4.78, 5) is 3.53. The van der Waals surface area contributed by atoms with E-state index in [1.54, 1.807) is 0 Å². The molecular weight excluding hydrogens is 298 g/mol. The van der Waals surface area contributed by atoms with E-state index in [-0.39, 0.29) is 0 Å². The van der Waals surface area contributed by atoms with Gasteiger partial charge in [0, 0.05) is 21.6 Å². The average molecular weight is 310 g/mol. The summed E-state index contributed by atoms with van der Waals surface area (Å²) in [5, 5.41) is 1.27. The van der Waals surface area contributed by atoms with Gasteiger partial charge in [0.2, 0.25) is 0 Å². The highest BCUT2D eigenvalue weighted by Gasteiger charge is 2.20. The molecule has 1 aromatic heterocycles. The molecule has 0 radical (unpaired) electrons.